The predicted octanol–water partition coefficient (Wildman–Crippen LogP) is 4.74. The molecule has 0 atom stereocenters. The maximum Gasteiger partial charge on any atom is 0.129 e. The first-order valence-corrected chi connectivity index (χ1v) is 7.04. The molecule has 0 unspecified atom stereocenters. The second kappa shape index (κ2) is 6.41. The van der Waals surface area contributed by atoms with Gasteiger partial charge in [-0.3, -0.25) is 0 Å². The molecule has 0 amide bonds. The van der Waals surface area contributed by atoms with Gasteiger partial charge in [-0.2, -0.15) is 5.26 Å². The van der Waals surface area contributed by atoms with Crippen molar-refractivity contribution < 1.29 is 4.39 Å². The number of rotatable bonds is 4. The quantitative estimate of drug-likeness (QED) is 0.879. The lowest BCUT2D eigenvalue weighted by atomic mass is 10.0. The van der Waals surface area contributed by atoms with Crippen LogP contribution in [0.25, 0.3) is 0 Å². The minimum absolute atomic E-state index is 0.329. The molecule has 0 bridgehead atoms. The topological polar surface area (TPSA) is 35.8 Å². The number of hydrogen-bond acceptors (Lipinski definition) is 2. The van der Waals surface area contributed by atoms with Crippen molar-refractivity contribution in [3.63, 3.8) is 0 Å². The van der Waals surface area contributed by atoms with Crippen molar-refractivity contribution in [3.8, 4) is 6.07 Å². The van der Waals surface area contributed by atoms with E-state index in [2.05, 4.69) is 43.4 Å². The fourth-order valence-corrected chi connectivity index (χ4v) is 2.14. The Labute approximate surface area is 125 Å². The number of benzene rings is 2. The molecular weight excluding hydrogens is 263 g/mol. The van der Waals surface area contributed by atoms with Crippen LogP contribution in [0.4, 0.5) is 10.1 Å². The molecule has 108 valence electrons. The molecule has 1 N–H and O–H groups in total. The van der Waals surface area contributed by atoms with Crippen molar-refractivity contribution in [2.75, 3.05) is 5.32 Å². The number of nitrogens with zero attached hydrogens (tertiary/aromatic N) is 1. The van der Waals surface area contributed by atoms with Gasteiger partial charge in [0.05, 0.1) is 11.6 Å². The third-order valence-corrected chi connectivity index (χ3v) is 3.60. The molecule has 0 spiro atoms. The van der Waals surface area contributed by atoms with Gasteiger partial charge in [-0.05, 0) is 36.1 Å². The summed E-state index contributed by atoms with van der Waals surface area (Å²) in [7, 11) is 0. The van der Waals surface area contributed by atoms with Gasteiger partial charge >= 0.3 is 0 Å². The van der Waals surface area contributed by atoms with Gasteiger partial charge in [-0.25, -0.2) is 4.39 Å². The average Bonchev–Trinajstić information content (AvgIpc) is 2.49. The van der Waals surface area contributed by atoms with Crippen molar-refractivity contribution in [3.05, 3.63) is 64.5 Å². The van der Waals surface area contributed by atoms with Crippen molar-refractivity contribution in [2.24, 2.45) is 0 Å². The van der Waals surface area contributed by atoms with Crippen LogP contribution in [0.2, 0.25) is 0 Å². The van der Waals surface area contributed by atoms with E-state index in [-0.39, 0.29) is 5.82 Å². The first-order valence-electron chi connectivity index (χ1n) is 7.04. The van der Waals surface area contributed by atoms with E-state index in [1.54, 1.807) is 13.0 Å². The minimum atomic E-state index is -0.355. The molecule has 2 rings (SSSR count). The zero-order chi connectivity index (χ0) is 15.4. The van der Waals surface area contributed by atoms with Crippen molar-refractivity contribution in [1.29, 1.82) is 5.26 Å². The van der Waals surface area contributed by atoms with Gasteiger partial charge in [-0.1, -0.05) is 38.1 Å². The Hall–Kier alpha value is -2.34. The van der Waals surface area contributed by atoms with Crippen molar-refractivity contribution in [1.82, 2.24) is 0 Å². The summed E-state index contributed by atoms with van der Waals surface area (Å²) in [6.45, 7) is 6.63. The van der Waals surface area contributed by atoms with Crippen LogP contribution in [0, 0.1) is 24.1 Å². The van der Waals surface area contributed by atoms with Crippen LogP contribution < -0.4 is 5.32 Å². The monoisotopic (exact) mass is 282 g/mol. The first-order chi connectivity index (χ1) is 10.0. The van der Waals surface area contributed by atoms with E-state index in [1.807, 2.05) is 6.07 Å². The summed E-state index contributed by atoms with van der Waals surface area (Å²) in [6.07, 6.45) is 0. The summed E-state index contributed by atoms with van der Waals surface area (Å²) in [5, 5.41) is 12.1. The molecule has 0 fully saturated rings. The molecule has 0 heterocycles. The number of hydrogen-bond donors (Lipinski definition) is 1. The summed E-state index contributed by atoms with van der Waals surface area (Å²) >= 11 is 0. The van der Waals surface area contributed by atoms with Crippen LogP contribution in [-0.2, 0) is 6.54 Å². The Balaban J connectivity index is 2.13. The van der Waals surface area contributed by atoms with Gasteiger partial charge in [0.15, 0.2) is 0 Å². The Bertz CT molecular complexity index is 667. The van der Waals surface area contributed by atoms with Gasteiger partial charge in [0, 0.05) is 17.8 Å². The van der Waals surface area contributed by atoms with E-state index in [0.717, 1.165) is 5.56 Å². The molecule has 0 saturated heterocycles. The van der Waals surface area contributed by atoms with Gasteiger partial charge in [0.2, 0.25) is 0 Å². The van der Waals surface area contributed by atoms with E-state index in [4.69, 9.17) is 5.26 Å². The van der Waals surface area contributed by atoms with Gasteiger partial charge in [-0.15, -0.1) is 0 Å². The smallest absolute Gasteiger partial charge is 0.129 e. The molecule has 21 heavy (non-hydrogen) atoms. The SMILES string of the molecule is Cc1c(F)cc(C#N)cc1NCc1ccc(C(C)C)cc1. The lowest BCUT2D eigenvalue weighted by Crippen LogP contribution is -2.03. The lowest BCUT2D eigenvalue weighted by Gasteiger charge is -2.12. The lowest BCUT2D eigenvalue weighted by molar-refractivity contribution is 0.618. The van der Waals surface area contributed by atoms with Crippen LogP contribution in [0.3, 0.4) is 0 Å². The van der Waals surface area contributed by atoms with E-state index in [0.29, 0.717) is 29.3 Å². The predicted molar refractivity (Wildman–Crippen MR) is 83.7 cm³/mol. The number of nitriles is 1. The molecular formula is C18H19FN2. The second-order valence-corrected chi connectivity index (χ2v) is 5.49. The highest BCUT2D eigenvalue weighted by atomic mass is 19.1. The van der Waals surface area contributed by atoms with Crippen LogP contribution in [0.5, 0.6) is 0 Å². The van der Waals surface area contributed by atoms with E-state index >= 15 is 0 Å². The standard InChI is InChI=1S/C18H19FN2/c1-12(2)16-6-4-14(5-7-16)11-21-18-9-15(10-20)8-17(19)13(18)3/h4-9,12,21H,11H2,1-3H3. The largest absolute Gasteiger partial charge is 0.381 e. The highest BCUT2D eigenvalue weighted by Gasteiger charge is 2.07. The summed E-state index contributed by atoms with van der Waals surface area (Å²) < 4.78 is 13.7. The molecule has 0 aliphatic heterocycles. The zero-order valence-electron chi connectivity index (χ0n) is 12.6. The normalized spacial score (nSPS) is 10.5. The highest BCUT2D eigenvalue weighted by Crippen LogP contribution is 2.21. The molecule has 0 aromatic heterocycles. The van der Waals surface area contributed by atoms with Crippen LogP contribution in [0.15, 0.2) is 36.4 Å². The second-order valence-electron chi connectivity index (χ2n) is 5.49. The van der Waals surface area contributed by atoms with Crippen LogP contribution >= 0.6 is 0 Å². The average molecular weight is 282 g/mol. The maximum atomic E-state index is 13.7. The Kier molecular flexibility index (Phi) is 4.59. The molecule has 3 heteroatoms. The summed E-state index contributed by atoms with van der Waals surface area (Å²) in [4.78, 5) is 0. The molecule has 2 aromatic rings. The van der Waals surface area contributed by atoms with Crippen molar-refractivity contribution in [2.45, 2.75) is 33.2 Å². The third kappa shape index (κ3) is 3.61. The molecule has 0 radical (unpaired) electrons. The Morgan fingerprint density at radius 3 is 2.43 bits per heavy atom. The first kappa shape index (κ1) is 15.1. The van der Waals surface area contributed by atoms with Gasteiger partial charge < -0.3 is 5.32 Å². The van der Waals surface area contributed by atoms with E-state index in [1.165, 1.54) is 11.6 Å². The molecule has 2 aromatic carbocycles. The van der Waals surface area contributed by atoms with Gasteiger partial charge in [0.1, 0.15) is 5.82 Å². The van der Waals surface area contributed by atoms with E-state index in [9.17, 15) is 4.39 Å². The van der Waals surface area contributed by atoms with Crippen LogP contribution in [0.1, 0.15) is 42.0 Å². The maximum absolute atomic E-state index is 13.7. The van der Waals surface area contributed by atoms with Gasteiger partial charge in [0.25, 0.3) is 0 Å². The Morgan fingerprint density at radius 2 is 1.86 bits per heavy atom. The molecule has 0 saturated carbocycles. The van der Waals surface area contributed by atoms with Crippen molar-refractivity contribution >= 4 is 5.69 Å². The summed E-state index contributed by atoms with van der Waals surface area (Å²) in [5.41, 5.74) is 3.96. The molecule has 0 aliphatic rings. The number of halogens is 1. The Morgan fingerprint density at radius 1 is 1.19 bits per heavy atom. The number of nitrogens with one attached hydrogen (secondary N) is 1. The molecule has 2 nitrogen and oxygen atoms in total. The fraction of sp³-hybridized carbons (Fsp3) is 0.278. The highest BCUT2D eigenvalue weighted by molar-refractivity contribution is 5.56. The molecule has 0 aliphatic carbocycles. The summed E-state index contributed by atoms with van der Waals surface area (Å²) in [5.74, 6) is 0.155. The zero-order valence-corrected chi connectivity index (χ0v) is 12.6. The number of anilines is 1. The third-order valence-electron chi connectivity index (χ3n) is 3.60. The van der Waals surface area contributed by atoms with E-state index < -0.39 is 0 Å². The fourth-order valence-electron chi connectivity index (χ4n) is 2.14. The van der Waals surface area contributed by atoms with Crippen LogP contribution in [-0.4, -0.2) is 0 Å². The minimum Gasteiger partial charge on any atom is -0.381 e. The summed E-state index contributed by atoms with van der Waals surface area (Å²) in [6, 6.07) is 13.3.